The SMILES string of the molecule is Cc1c2ccc(N(C)C3=CC=NC(N)(c4nccc(Sc5cnc(N6CCC7(CC6)CO[C@@H](C)[C@H]7N)cn5)c4Cl)N3)cc2nn1C. The Morgan fingerprint density at radius 1 is 1.15 bits per heavy atom. The monoisotopic (exact) mass is 659 g/mol. The van der Waals surface area contributed by atoms with Crippen molar-refractivity contribution in [1.82, 2.24) is 30.0 Å². The lowest BCUT2D eigenvalue weighted by Crippen LogP contribution is -2.53. The molecule has 3 atom stereocenters. The Bertz CT molecular complexity index is 1840. The summed E-state index contributed by atoms with van der Waals surface area (Å²) >= 11 is 8.35. The molecule has 46 heavy (non-hydrogen) atoms. The van der Waals surface area contributed by atoms with Crippen LogP contribution >= 0.6 is 23.4 Å². The summed E-state index contributed by atoms with van der Waals surface area (Å²) in [4.78, 5) is 23.5. The second-order valence-corrected chi connectivity index (χ2v) is 13.8. The first kappa shape index (κ1) is 30.9. The van der Waals surface area contributed by atoms with Gasteiger partial charge in [0.15, 0.2) is 0 Å². The highest BCUT2D eigenvalue weighted by molar-refractivity contribution is 7.99. The van der Waals surface area contributed by atoms with Crippen molar-refractivity contribution in [2.24, 2.45) is 28.9 Å². The van der Waals surface area contributed by atoms with Crippen molar-refractivity contribution in [3.63, 3.8) is 0 Å². The molecule has 0 saturated carbocycles. The van der Waals surface area contributed by atoms with Gasteiger partial charge in [0.25, 0.3) is 0 Å². The number of allylic oxidation sites excluding steroid dienone is 1. The number of piperidine rings is 1. The van der Waals surface area contributed by atoms with Crippen LogP contribution in [0.3, 0.4) is 0 Å². The Labute approximate surface area is 277 Å². The molecule has 14 heteroatoms. The zero-order chi connectivity index (χ0) is 32.2. The summed E-state index contributed by atoms with van der Waals surface area (Å²) in [6.45, 7) is 6.61. The number of aromatic nitrogens is 5. The molecular weight excluding hydrogens is 622 g/mol. The maximum Gasteiger partial charge on any atom is 0.229 e. The van der Waals surface area contributed by atoms with Crippen molar-refractivity contribution in [1.29, 1.82) is 0 Å². The third-order valence-corrected chi connectivity index (χ3v) is 11.1. The Morgan fingerprint density at radius 3 is 2.67 bits per heavy atom. The highest BCUT2D eigenvalue weighted by atomic mass is 35.5. The summed E-state index contributed by atoms with van der Waals surface area (Å²) in [5.41, 5.74) is 16.8. The number of aryl methyl sites for hydroxylation is 2. The fourth-order valence-corrected chi connectivity index (χ4v) is 7.66. The molecule has 3 aliphatic heterocycles. The number of benzene rings is 1. The van der Waals surface area contributed by atoms with E-state index in [2.05, 4.69) is 51.3 Å². The van der Waals surface area contributed by atoms with E-state index in [1.165, 1.54) is 11.8 Å². The van der Waals surface area contributed by atoms with Gasteiger partial charge in [-0.1, -0.05) is 23.4 Å². The smallest absolute Gasteiger partial charge is 0.229 e. The van der Waals surface area contributed by atoms with Gasteiger partial charge in [0.2, 0.25) is 5.79 Å². The summed E-state index contributed by atoms with van der Waals surface area (Å²) < 4.78 is 7.75. The third kappa shape index (κ3) is 5.39. The minimum atomic E-state index is -1.39. The van der Waals surface area contributed by atoms with Crippen LogP contribution in [0.25, 0.3) is 10.9 Å². The molecule has 1 aromatic carbocycles. The molecule has 4 aromatic rings. The van der Waals surface area contributed by atoms with Crippen molar-refractivity contribution >= 4 is 52.0 Å². The number of hydrogen-bond acceptors (Lipinski definition) is 12. The first-order valence-corrected chi connectivity index (χ1v) is 16.5. The number of nitrogens with one attached hydrogen (secondary N) is 1. The van der Waals surface area contributed by atoms with E-state index in [1.807, 2.05) is 48.1 Å². The summed E-state index contributed by atoms with van der Waals surface area (Å²) in [6, 6.07) is 8.10. The predicted octanol–water partition coefficient (Wildman–Crippen LogP) is 3.92. The number of pyridine rings is 1. The lowest BCUT2D eigenvalue weighted by molar-refractivity contribution is 0.0974. The normalized spacial score (nSPS) is 24.0. The molecule has 2 saturated heterocycles. The maximum atomic E-state index is 6.95. The average Bonchev–Trinajstić information content (AvgIpc) is 3.51. The molecule has 0 radical (unpaired) electrons. The van der Waals surface area contributed by atoms with Gasteiger partial charge >= 0.3 is 0 Å². The molecule has 7 rings (SSSR count). The highest BCUT2D eigenvalue weighted by Crippen LogP contribution is 2.42. The second kappa shape index (κ2) is 11.8. The number of nitrogens with two attached hydrogens (primary N) is 2. The second-order valence-electron chi connectivity index (χ2n) is 12.4. The Kier molecular flexibility index (Phi) is 7.92. The van der Waals surface area contributed by atoms with E-state index in [4.69, 9.17) is 37.8 Å². The molecule has 0 bridgehead atoms. The van der Waals surface area contributed by atoms with E-state index in [-0.39, 0.29) is 17.6 Å². The molecule has 0 aliphatic carbocycles. The molecule has 1 spiro atoms. The van der Waals surface area contributed by atoms with Gasteiger partial charge in [0.1, 0.15) is 22.4 Å². The molecule has 12 nitrogen and oxygen atoms in total. The van der Waals surface area contributed by atoms with E-state index < -0.39 is 5.79 Å². The van der Waals surface area contributed by atoms with Gasteiger partial charge in [-0.05, 0) is 57.0 Å². The molecule has 240 valence electrons. The molecule has 5 N–H and O–H groups in total. The van der Waals surface area contributed by atoms with Crippen LogP contribution in [-0.4, -0.2) is 69.8 Å². The highest BCUT2D eigenvalue weighted by Gasteiger charge is 2.47. The molecule has 2 fully saturated rings. The molecule has 3 aromatic heterocycles. The van der Waals surface area contributed by atoms with E-state index in [0.717, 1.165) is 71.4 Å². The Hall–Kier alpha value is -3.75. The van der Waals surface area contributed by atoms with Gasteiger partial charge in [-0.3, -0.25) is 15.4 Å². The average molecular weight is 660 g/mol. The van der Waals surface area contributed by atoms with Crippen LogP contribution in [0.15, 0.2) is 69.7 Å². The molecule has 0 amide bonds. The van der Waals surface area contributed by atoms with Gasteiger partial charge in [0, 0.05) is 72.7 Å². The first-order valence-electron chi connectivity index (χ1n) is 15.3. The van der Waals surface area contributed by atoms with Gasteiger partial charge in [-0.2, -0.15) is 5.10 Å². The fraction of sp³-hybridized carbons (Fsp3) is 0.406. The largest absolute Gasteiger partial charge is 0.376 e. The van der Waals surface area contributed by atoms with Gasteiger partial charge < -0.3 is 25.6 Å². The van der Waals surface area contributed by atoms with E-state index in [9.17, 15) is 0 Å². The van der Waals surface area contributed by atoms with Crippen LogP contribution < -0.4 is 26.6 Å². The van der Waals surface area contributed by atoms with Crippen molar-refractivity contribution in [3.05, 3.63) is 71.2 Å². The van der Waals surface area contributed by atoms with Crippen molar-refractivity contribution in [2.75, 3.05) is 36.5 Å². The quantitative estimate of drug-likeness (QED) is 0.277. The third-order valence-electron chi connectivity index (χ3n) is 9.67. The first-order chi connectivity index (χ1) is 22.1. The van der Waals surface area contributed by atoms with E-state index >= 15 is 0 Å². The molecule has 3 aliphatic rings. The van der Waals surface area contributed by atoms with Crippen LogP contribution in [0.1, 0.15) is 31.2 Å². The lowest BCUT2D eigenvalue weighted by atomic mass is 9.73. The number of hydrogen-bond donors (Lipinski definition) is 3. The molecular formula is C32H38ClN11OS. The Morgan fingerprint density at radius 2 is 1.96 bits per heavy atom. The van der Waals surface area contributed by atoms with Crippen LogP contribution in [0.4, 0.5) is 11.5 Å². The van der Waals surface area contributed by atoms with Crippen molar-refractivity contribution in [2.45, 2.75) is 54.5 Å². The lowest BCUT2D eigenvalue weighted by Gasteiger charge is -2.41. The number of nitrogens with zero attached hydrogens (tertiary/aromatic N) is 8. The summed E-state index contributed by atoms with van der Waals surface area (Å²) in [7, 11) is 3.90. The van der Waals surface area contributed by atoms with E-state index in [0.29, 0.717) is 15.7 Å². The number of rotatable bonds is 6. The van der Waals surface area contributed by atoms with Crippen molar-refractivity contribution in [3.8, 4) is 0 Å². The van der Waals surface area contributed by atoms with Crippen LogP contribution in [0.5, 0.6) is 0 Å². The number of ether oxygens (including phenoxy) is 1. The minimum absolute atomic E-state index is 0.0611. The molecule has 1 unspecified atom stereocenters. The topological polar surface area (TPSA) is 149 Å². The van der Waals surface area contributed by atoms with Crippen LogP contribution in [0.2, 0.25) is 5.02 Å². The maximum absolute atomic E-state index is 6.95. The zero-order valence-electron chi connectivity index (χ0n) is 26.3. The standard InChI is InChI=1S/C32H38ClN11OS/c1-19-22-6-5-21(15-23(22)41-43(19)4)42(3)25-8-12-39-32(35,40-25)30-28(33)24(7-11-36-30)46-27-17-37-26(16-38-27)44-13-9-31(10-14-44)18-45-20(2)29(31)34/h5-8,11-12,15-17,20,29,40H,9-10,13-14,18,34-35H2,1-4H3/t20-,29+,32?/m0/s1. The van der Waals surface area contributed by atoms with E-state index in [1.54, 1.807) is 18.6 Å². The number of anilines is 2. The van der Waals surface area contributed by atoms with Gasteiger partial charge in [0.05, 0.1) is 35.6 Å². The Balaban J connectivity index is 1.04. The number of fused-ring (bicyclic) bond motifs is 1. The number of aliphatic imine (C=N–C) groups is 1. The molecule has 6 heterocycles. The zero-order valence-corrected chi connectivity index (χ0v) is 27.9. The minimum Gasteiger partial charge on any atom is -0.376 e. The number of halogens is 1. The van der Waals surface area contributed by atoms with Gasteiger partial charge in [-0.25, -0.2) is 15.0 Å². The fourth-order valence-electron chi connectivity index (χ4n) is 6.54. The summed E-state index contributed by atoms with van der Waals surface area (Å²) in [5, 5.41) is 10.2. The summed E-state index contributed by atoms with van der Waals surface area (Å²) in [5.74, 6) is 0.204. The van der Waals surface area contributed by atoms with Crippen LogP contribution in [-0.2, 0) is 17.6 Å². The summed E-state index contributed by atoms with van der Waals surface area (Å²) in [6.07, 6.45) is 10.9. The van der Waals surface area contributed by atoms with Gasteiger partial charge in [-0.15, -0.1) is 0 Å². The van der Waals surface area contributed by atoms with Crippen LogP contribution in [0, 0.1) is 12.3 Å². The van der Waals surface area contributed by atoms with Crippen molar-refractivity contribution < 1.29 is 4.74 Å². The predicted molar refractivity (Wildman–Crippen MR) is 182 cm³/mol.